The molecule has 0 fully saturated rings. The Labute approximate surface area is 97.2 Å². The fourth-order valence-electron chi connectivity index (χ4n) is 1.33. The maximum absolute atomic E-state index is 10.6. The molecule has 2 atom stereocenters. The summed E-state index contributed by atoms with van der Waals surface area (Å²) >= 11 is 0. The standard InChI is InChI=1S/C9H14N4O4/c1-11-4-7(14)8(15)5-2-6(13(16)17)9(10)12-3-5/h2-3,7-8,11,14-15H,4H2,1H3,(H2,10,12). The lowest BCUT2D eigenvalue weighted by molar-refractivity contribution is -0.384. The highest BCUT2D eigenvalue weighted by Crippen LogP contribution is 2.24. The Bertz CT molecular complexity index is 412. The van der Waals surface area contributed by atoms with Crippen LogP contribution in [0.1, 0.15) is 11.7 Å². The van der Waals surface area contributed by atoms with Crippen LogP contribution in [0.2, 0.25) is 0 Å². The predicted octanol–water partition coefficient (Wildman–Crippen LogP) is -0.814. The molecule has 0 saturated heterocycles. The molecule has 0 radical (unpaired) electrons. The van der Waals surface area contributed by atoms with Crippen molar-refractivity contribution >= 4 is 11.5 Å². The Morgan fingerprint density at radius 1 is 1.65 bits per heavy atom. The highest BCUT2D eigenvalue weighted by atomic mass is 16.6. The number of aliphatic hydroxyl groups is 2. The van der Waals surface area contributed by atoms with Crippen molar-refractivity contribution in [3.63, 3.8) is 0 Å². The van der Waals surface area contributed by atoms with Crippen molar-refractivity contribution in [2.24, 2.45) is 0 Å². The first-order valence-corrected chi connectivity index (χ1v) is 4.88. The molecule has 94 valence electrons. The van der Waals surface area contributed by atoms with E-state index in [1.54, 1.807) is 7.05 Å². The summed E-state index contributed by atoms with van der Waals surface area (Å²) in [4.78, 5) is 13.5. The first kappa shape index (κ1) is 13.3. The zero-order valence-corrected chi connectivity index (χ0v) is 9.20. The number of aliphatic hydroxyl groups excluding tert-OH is 2. The Balaban J connectivity index is 2.99. The SMILES string of the molecule is CNCC(O)C(O)c1cnc(N)c([N+](=O)[O-])c1. The minimum absolute atomic E-state index is 0.147. The maximum Gasteiger partial charge on any atom is 0.311 e. The van der Waals surface area contributed by atoms with Crippen LogP contribution >= 0.6 is 0 Å². The average Bonchev–Trinajstić information content (AvgIpc) is 2.28. The van der Waals surface area contributed by atoms with Gasteiger partial charge < -0.3 is 21.3 Å². The first-order valence-electron chi connectivity index (χ1n) is 4.88. The molecule has 17 heavy (non-hydrogen) atoms. The van der Waals surface area contributed by atoms with Crippen LogP contribution in [-0.2, 0) is 0 Å². The molecule has 1 heterocycles. The molecule has 0 saturated carbocycles. The van der Waals surface area contributed by atoms with E-state index in [4.69, 9.17) is 5.73 Å². The second kappa shape index (κ2) is 5.53. The number of aromatic nitrogens is 1. The van der Waals surface area contributed by atoms with Crippen molar-refractivity contribution < 1.29 is 15.1 Å². The number of nitro groups is 1. The molecule has 2 unspecified atom stereocenters. The number of nitrogens with two attached hydrogens (primary N) is 1. The van der Waals surface area contributed by atoms with Gasteiger partial charge in [0, 0.05) is 24.4 Å². The monoisotopic (exact) mass is 242 g/mol. The molecule has 0 aliphatic rings. The van der Waals surface area contributed by atoms with Gasteiger partial charge in [-0.25, -0.2) is 4.98 Å². The molecule has 0 aromatic carbocycles. The number of nitrogens with zero attached hydrogens (tertiary/aromatic N) is 2. The van der Waals surface area contributed by atoms with Gasteiger partial charge in [-0.2, -0.15) is 0 Å². The normalized spacial score (nSPS) is 14.3. The zero-order chi connectivity index (χ0) is 13.0. The molecule has 5 N–H and O–H groups in total. The van der Waals surface area contributed by atoms with E-state index in [2.05, 4.69) is 10.3 Å². The van der Waals surface area contributed by atoms with Crippen molar-refractivity contribution in [2.45, 2.75) is 12.2 Å². The van der Waals surface area contributed by atoms with Crippen LogP contribution in [0.25, 0.3) is 0 Å². The Kier molecular flexibility index (Phi) is 4.32. The van der Waals surface area contributed by atoms with Crippen molar-refractivity contribution in [1.82, 2.24) is 10.3 Å². The predicted molar refractivity (Wildman–Crippen MR) is 60.2 cm³/mol. The van der Waals surface area contributed by atoms with Crippen molar-refractivity contribution in [3.8, 4) is 0 Å². The van der Waals surface area contributed by atoms with E-state index in [-0.39, 0.29) is 17.9 Å². The molecule has 0 bridgehead atoms. The van der Waals surface area contributed by atoms with E-state index in [0.717, 1.165) is 6.07 Å². The van der Waals surface area contributed by atoms with Gasteiger partial charge in [0.2, 0.25) is 5.82 Å². The third-order valence-corrected chi connectivity index (χ3v) is 2.23. The largest absolute Gasteiger partial charge is 0.389 e. The number of hydrogen-bond acceptors (Lipinski definition) is 7. The third-order valence-electron chi connectivity index (χ3n) is 2.23. The molecule has 8 heteroatoms. The van der Waals surface area contributed by atoms with Crippen LogP contribution in [0.5, 0.6) is 0 Å². The Hall–Kier alpha value is -1.77. The zero-order valence-electron chi connectivity index (χ0n) is 9.20. The van der Waals surface area contributed by atoms with E-state index in [0.29, 0.717) is 0 Å². The van der Waals surface area contributed by atoms with Crippen LogP contribution in [0.15, 0.2) is 12.3 Å². The number of nitrogens with one attached hydrogen (secondary N) is 1. The smallest absolute Gasteiger partial charge is 0.311 e. The third kappa shape index (κ3) is 3.09. The van der Waals surface area contributed by atoms with Gasteiger partial charge >= 0.3 is 5.69 Å². The minimum atomic E-state index is -1.26. The van der Waals surface area contributed by atoms with Crippen molar-refractivity contribution in [2.75, 3.05) is 19.3 Å². The minimum Gasteiger partial charge on any atom is -0.389 e. The first-order chi connectivity index (χ1) is 7.97. The summed E-state index contributed by atoms with van der Waals surface area (Å²) in [7, 11) is 1.61. The van der Waals surface area contributed by atoms with Gasteiger partial charge in [-0.15, -0.1) is 0 Å². The second-order valence-corrected chi connectivity index (χ2v) is 3.50. The Morgan fingerprint density at radius 2 is 2.29 bits per heavy atom. The fourth-order valence-corrected chi connectivity index (χ4v) is 1.33. The number of likely N-dealkylation sites (N-methyl/N-ethyl adjacent to an activating group) is 1. The molecule has 0 amide bonds. The number of rotatable bonds is 5. The fraction of sp³-hybridized carbons (Fsp3) is 0.444. The molecule has 0 aliphatic carbocycles. The molecule has 1 rings (SSSR count). The summed E-state index contributed by atoms with van der Waals surface area (Å²) < 4.78 is 0. The summed E-state index contributed by atoms with van der Waals surface area (Å²) in [6, 6.07) is 1.10. The molecule has 1 aromatic rings. The molecule has 0 spiro atoms. The van der Waals surface area contributed by atoms with Crippen LogP contribution in [0.4, 0.5) is 11.5 Å². The summed E-state index contributed by atoms with van der Waals surface area (Å²) in [5.41, 5.74) is 5.07. The van der Waals surface area contributed by atoms with Gasteiger partial charge in [-0.1, -0.05) is 0 Å². The molecule has 1 aromatic heterocycles. The second-order valence-electron chi connectivity index (χ2n) is 3.50. The lowest BCUT2D eigenvalue weighted by Crippen LogP contribution is -2.29. The van der Waals surface area contributed by atoms with E-state index < -0.39 is 22.8 Å². The molecular formula is C9H14N4O4. The van der Waals surface area contributed by atoms with Gasteiger partial charge in [0.05, 0.1) is 11.0 Å². The van der Waals surface area contributed by atoms with Crippen LogP contribution in [0, 0.1) is 10.1 Å². The molecular weight excluding hydrogens is 228 g/mol. The summed E-state index contributed by atoms with van der Waals surface area (Å²) in [5, 5.41) is 32.6. The maximum atomic E-state index is 10.6. The highest BCUT2D eigenvalue weighted by Gasteiger charge is 2.22. The number of nitrogen functional groups attached to an aromatic ring is 1. The van der Waals surface area contributed by atoms with E-state index in [1.165, 1.54) is 6.20 Å². The summed E-state index contributed by atoms with van der Waals surface area (Å²) in [5.74, 6) is -0.228. The van der Waals surface area contributed by atoms with E-state index in [9.17, 15) is 20.3 Å². The van der Waals surface area contributed by atoms with Gasteiger partial charge in [0.25, 0.3) is 0 Å². The highest BCUT2D eigenvalue weighted by molar-refractivity contribution is 5.53. The van der Waals surface area contributed by atoms with E-state index >= 15 is 0 Å². The molecule has 8 nitrogen and oxygen atoms in total. The summed E-state index contributed by atoms with van der Waals surface area (Å²) in [6.07, 6.45) is -1.13. The lowest BCUT2D eigenvalue weighted by atomic mass is 10.1. The van der Waals surface area contributed by atoms with Gasteiger partial charge in [-0.05, 0) is 7.05 Å². The number of hydrogen-bond donors (Lipinski definition) is 4. The topological polar surface area (TPSA) is 135 Å². The van der Waals surface area contributed by atoms with Crippen molar-refractivity contribution in [3.05, 3.63) is 27.9 Å². The Morgan fingerprint density at radius 3 is 2.82 bits per heavy atom. The van der Waals surface area contributed by atoms with Crippen LogP contribution in [-0.4, -0.2) is 39.8 Å². The van der Waals surface area contributed by atoms with Gasteiger partial charge in [0.15, 0.2) is 0 Å². The lowest BCUT2D eigenvalue weighted by Gasteiger charge is -2.17. The average molecular weight is 242 g/mol. The van der Waals surface area contributed by atoms with Crippen LogP contribution < -0.4 is 11.1 Å². The van der Waals surface area contributed by atoms with Crippen molar-refractivity contribution in [1.29, 1.82) is 0 Å². The number of anilines is 1. The summed E-state index contributed by atoms with van der Waals surface area (Å²) in [6.45, 7) is 0.152. The van der Waals surface area contributed by atoms with Crippen LogP contribution in [0.3, 0.4) is 0 Å². The molecule has 0 aliphatic heterocycles. The van der Waals surface area contributed by atoms with Gasteiger partial charge in [0.1, 0.15) is 6.10 Å². The van der Waals surface area contributed by atoms with Gasteiger partial charge in [-0.3, -0.25) is 10.1 Å². The van der Waals surface area contributed by atoms with E-state index in [1.807, 2.05) is 0 Å². The number of pyridine rings is 1. The quantitative estimate of drug-likeness (QED) is 0.391.